The van der Waals surface area contributed by atoms with Gasteiger partial charge in [0.15, 0.2) is 0 Å². The van der Waals surface area contributed by atoms with Gasteiger partial charge in [-0.05, 0) is 20.8 Å². The highest BCUT2D eigenvalue weighted by Crippen LogP contribution is 2.35. The van der Waals surface area contributed by atoms with Crippen molar-refractivity contribution in [2.24, 2.45) is 0 Å². The molecule has 0 saturated carbocycles. The lowest BCUT2D eigenvalue weighted by Crippen LogP contribution is -2.68. The van der Waals surface area contributed by atoms with Crippen molar-refractivity contribution in [1.29, 1.82) is 0 Å². The SMILES string of the molecule is CCO[Si](CC(O)(CCO)[Si](OC)(OC)OC)(OCC)OCC. The average molecular weight is 373 g/mol. The minimum absolute atomic E-state index is 0.00326. The van der Waals surface area contributed by atoms with E-state index in [4.69, 9.17) is 26.6 Å². The second kappa shape index (κ2) is 10.9. The smallest absolute Gasteiger partial charge is 0.396 e. The molecule has 0 aliphatic carbocycles. The van der Waals surface area contributed by atoms with Gasteiger partial charge in [-0.25, -0.2) is 0 Å². The lowest BCUT2D eigenvalue weighted by atomic mass is 10.3. The highest BCUT2D eigenvalue weighted by molar-refractivity contribution is 6.69. The zero-order chi connectivity index (χ0) is 18.0. The van der Waals surface area contributed by atoms with Crippen molar-refractivity contribution in [3.05, 3.63) is 0 Å². The van der Waals surface area contributed by atoms with Gasteiger partial charge in [-0.1, -0.05) is 0 Å². The van der Waals surface area contributed by atoms with Crippen LogP contribution in [0.15, 0.2) is 0 Å². The second-order valence-corrected chi connectivity index (χ2v) is 10.7. The molecular weight excluding hydrogens is 340 g/mol. The van der Waals surface area contributed by atoms with Gasteiger partial charge in [0.2, 0.25) is 0 Å². The Bertz CT molecular complexity index is 291. The zero-order valence-corrected chi connectivity index (χ0v) is 17.1. The topological polar surface area (TPSA) is 95.8 Å². The van der Waals surface area contributed by atoms with Gasteiger partial charge >= 0.3 is 17.6 Å². The fourth-order valence-corrected chi connectivity index (χ4v) is 8.99. The van der Waals surface area contributed by atoms with Crippen molar-refractivity contribution in [3.63, 3.8) is 0 Å². The van der Waals surface area contributed by atoms with E-state index in [1.807, 2.05) is 20.8 Å². The largest absolute Gasteiger partial charge is 0.533 e. The average Bonchev–Trinajstić information content (AvgIpc) is 2.50. The first-order valence-electron chi connectivity index (χ1n) is 7.79. The summed E-state index contributed by atoms with van der Waals surface area (Å²) in [7, 11) is -2.46. The van der Waals surface area contributed by atoms with Gasteiger partial charge in [0, 0.05) is 54.2 Å². The van der Waals surface area contributed by atoms with Crippen LogP contribution in [0.25, 0.3) is 0 Å². The van der Waals surface area contributed by atoms with Crippen LogP contribution in [-0.4, -0.2) is 80.8 Å². The first-order valence-corrected chi connectivity index (χ1v) is 11.4. The molecule has 140 valence electrons. The van der Waals surface area contributed by atoms with Crippen LogP contribution in [-0.2, 0) is 26.6 Å². The van der Waals surface area contributed by atoms with E-state index in [1.54, 1.807) is 0 Å². The molecule has 0 amide bonds. The van der Waals surface area contributed by atoms with Gasteiger partial charge in [0.25, 0.3) is 0 Å². The Hall–Kier alpha value is 0.114. The van der Waals surface area contributed by atoms with Crippen LogP contribution < -0.4 is 0 Å². The maximum atomic E-state index is 11.3. The standard InChI is InChI=1S/C13H32O8Si2/c1-7-19-22(20-8-2,21-9-3)12-13(15,10-11-14)23(16-4,17-5)18-6/h14-15H,7-12H2,1-6H3. The summed E-state index contributed by atoms with van der Waals surface area (Å²) < 4.78 is 33.6. The van der Waals surface area contributed by atoms with Crippen LogP contribution in [0, 0.1) is 0 Å². The molecule has 0 bridgehead atoms. The molecule has 23 heavy (non-hydrogen) atoms. The number of aliphatic hydroxyl groups excluding tert-OH is 1. The first-order chi connectivity index (χ1) is 10.9. The Kier molecular flexibility index (Phi) is 10.9. The summed E-state index contributed by atoms with van der Waals surface area (Å²) in [6, 6.07) is 0.0117. The van der Waals surface area contributed by atoms with Gasteiger partial charge < -0.3 is 36.8 Å². The molecule has 10 heteroatoms. The molecule has 0 radical (unpaired) electrons. The molecule has 8 nitrogen and oxygen atoms in total. The van der Waals surface area contributed by atoms with E-state index in [0.717, 1.165) is 0 Å². The number of aliphatic hydroxyl groups is 2. The molecule has 0 heterocycles. The second-order valence-electron chi connectivity index (χ2n) is 4.83. The van der Waals surface area contributed by atoms with Gasteiger partial charge in [0.1, 0.15) is 5.22 Å². The molecule has 0 rings (SSSR count). The molecular formula is C13H32O8Si2. The van der Waals surface area contributed by atoms with Crippen LogP contribution in [0.5, 0.6) is 0 Å². The van der Waals surface area contributed by atoms with E-state index in [0.29, 0.717) is 19.8 Å². The normalized spacial score (nSPS) is 15.7. The van der Waals surface area contributed by atoms with Crippen LogP contribution in [0.1, 0.15) is 27.2 Å². The summed E-state index contributed by atoms with van der Waals surface area (Å²) in [5.74, 6) is 0. The van der Waals surface area contributed by atoms with E-state index < -0.39 is 22.8 Å². The number of rotatable bonds is 14. The van der Waals surface area contributed by atoms with Crippen molar-refractivity contribution >= 4 is 17.6 Å². The monoisotopic (exact) mass is 372 g/mol. The number of hydrogen-bond donors (Lipinski definition) is 2. The highest BCUT2D eigenvalue weighted by atomic mass is 28.4. The van der Waals surface area contributed by atoms with E-state index in [2.05, 4.69) is 0 Å². The van der Waals surface area contributed by atoms with Crippen molar-refractivity contribution in [2.75, 3.05) is 47.8 Å². The predicted molar refractivity (Wildman–Crippen MR) is 88.9 cm³/mol. The summed E-state index contributed by atoms with van der Waals surface area (Å²) in [5, 5.41) is 19.1. The van der Waals surface area contributed by atoms with Crippen molar-refractivity contribution in [3.8, 4) is 0 Å². The van der Waals surface area contributed by atoms with E-state index in [9.17, 15) is 10.2 Å². The molecule has 0 aromatic carbocycles. The lowest BCUT2D eigenvalue weighted by molar-refractivity contribution is -0.0247. The van der Waals surface area contributed by atoms with Crippen molar-refractivity contribution in [2.45, 2.75) is 38.5 Å². The van der Waals surface area contributed by atoms with Gasteiger partial charge in [-0.3, -0.25) is 0 Å². The van der Waals surface area contributed by atoms with Crippen LogP contribution in [0.2, 0.25) is 6.04 Å². The van der Waals surface area contributed by atoms with E-state index >= 15 is 0 Å². The van der Waals surface area contributed by atoms with Gasteiger partial charge in [-0.2, -0.15) is 0 Å². The van der Waals surface area contributed by atoms with Crippen LogP contribution >= 0.6 is 0 Å². The Labute approximate surface area is 141 Å². The third-order valence-corrected chi connectivity index (χ3v) is 10.2. The first kappa shape index (κ1) is 23.1. The molecule has 0 spiro atoms. The summed E-state index contributed by atoms with van der Waals surface area (Å²) in [4.78, 5) is 0. The summed E-state index contributed by atoms with van der Waals surface area (Å²) >= 11 is 0. The predicted octanol–water partition coefficient (Wildman–Crippen LogP) is 0.566. The lowest BCUT2D eigenvalue weighted by Gasteiger charge is -2.42. The van der Waals surface area contributed by atoms with Crippen molar-refractivity contribution in [1.82, 2.24) is 0 Å². The number of hydrogen-bond acceptors (Lipinski definition) is 8. The Morgan fingerprint density at radius 2 is 1.22 bits per heavy atom. The molecule has 0 aromatic heterocycles. The van der Waals surface area contributed by atoms with Crippen molar-refractivity contribution < 1.29 is 36.8 Å². The van der Waals surface area contributed by atoms with E-state index in [-0.39, 0.29) is 19.1 Å². The van der Waals surface area contributed by atoms with Crippen LogP contribution in [0.3, 0.4) is 0 Å². The van der Waals surface area contributed by atoms with E-state index in [1.165, 1.54) is 21.3 Å². The maximum absolute atomic E-state index is 11.3. The molecule has 0 fully saturated rings. The third-order valence-electron chi connectivity index (χ3n) is 3.50. The molecule has 0 saturated heterocycles. The Balaban J connectivity index is 5.78. The molecule has 2 N–H and O–H groups in total. The summed E-state index contributed by atoms with van der Waals surface area (Å²) in [6.07, 6.45) is -0.00326. The quantitative estimate of drug-likeness (QED) is 0.427. The minimum atomic E-state index is -3.50. The fourth-order valence-electron chi connectivity index (χ4n) is 2.65. The molecule has 1 atom stereocenters. The molecule has 1 unspecified atom stereocenters. The Morgan fingerprint density at radius 1 is 0.826 bits per heavy atom. The zero-order valence-electron chi connectivity index (χ0n) is 15.1. The third kappa shape index (κ3) is 5.56. The molecule has 0 aromatic rings. The van der Waals surface area contributed by atoms with Gasteiger partial charge in [0.05, 0.1) is 6.04 Å². The summed E-state index contributed by atoms with van der Waals surface area (Å²) in [5.41, 5.74) is 0. The Morgan fingerprint density at radius 3 is 1.48 bits per heavy atom. The van der Waals surface area contributed by atoms with Crippen LogP contribution in [0.4, 0.5) is 0 Å². The highest BCUT2D eigenvalue weighted by Gasteiger charge is 2.64. The minimum Gasteiger partial charge on any atom is -0.396 e. The molecule has 0 aliphatic rings. The summed E-state index contributed by atoms with van der Waals surface area (Å²) in [6.45, 7) is 6.36. The maximum Gasteiger partial charge on any atom is 0.533 e. The molecule has 0 aliphatic heterocycles. The van der Waals surface area contributed by atoms with Gasteiger partial charge in [-0.15, -0.1) is 0 Å². The fraction of sp³-hybridized carbons (Fsp3) is 1.00.